The van der Waals surface area contributed by atoms with Crippen molar-refractivity contribution in [3.05, 3.63) is 0 Å². The fourth-order valence-electron chi connectivity index (χ4n) is 2.87. The van der Waals surface area contributed by atoms with E-state index in [4.69, 9.17) is 5.73 Å². The third kappa shape index (κ3) is 2.47. The monoisotopic (exact) mass is 253 g/mol. The maximum absolute atomic E-state index is 5.94. The highest BCUT2D eigenvalue weighted by atomic mass is 32.2. The summed E-state index contributed by atoms with van der Waals surface area (Å²) in [6.45, 7) is 0. The first-order valence-corrected chi connectivity index (χ1v) is 7.41. The zero-order valence-corrected chi connectivity index (χ0v) is 10.8. The van der Waals surface area contributed by atoms with Crippen molar-refractivity contribution in [2.45, 2.75) is 67.4 Å². The summed E-state index contributed by atoms with van der Waals surface area (Å²) in [7, 11) is 0. The molecule has 3 rings (SSSR count). The first-order valence-electron chi connectivity index (χ1n) is 6.53. The highest BCUT2D eigenvalue weighted by Gasteiger charge is 2.27. The quantitative estimate of drug-likeness (QED) is 0.889. The molecule has 0 bridgehead atoms. The van der Waals surface area contributed by atoms with Gasteiger partial charge >= 0.3 is 0 Å². The van der Waals surface area contributed by atoms with Gasteiger partial charge < -0.3 is 5.73 Å². The van der Waals surface area contributed by atoms with E-state index >= 15 is 0 Å². The molecule has 1 heterocycles. The van der Waals surface area contributed by atoms with Crippen LogP contribution in [0.3, 0.4) is 0 Å². The highest BCUT2D eigenvalue weighted by molar-refractivity contribution is 7.99. The van der Waals surface area contributed by atoms with E-state index in [0.29, 0.717) is 17.3 Å². The molecule has 0 aliphatic heterocycles. The van der Waals surface area contributed by atoms with Crippen LogP contribution in [0, 0.1) is 0 Å². The molecule has 1 aromatic rings. The lowest BCUT2D eigenvalue weighted by molar-refractivity contribution is 0.422. The van der Waals surface area contributed by atoms with Gasteiger partial charge in [-0.15, -0.1) is 5.10 Å². The molecule has 0 amide bonds. The average Bonchev–Trinajstić information content (AvgIpc) is 3.00. The maximum Gasteiger partial charge on any atom is 0.209 e. The van der Waals surface area contributed by atoms with E-state index in [9.17, 15) is 0 Å². The summed E-state index contributed by atoms with van der Waals surface area (Å²) in [6, 6.07) is 0.908. The molecule has 2 aliphatic carbocycles. The SMILES string of the molecule is NC1CCC(Sc2nnnn2C2CCCC2)C1. The molecule has 6 heteroatoms. The number of rotatable bonds is 3. The molecule has 0 saturated heterocycles. The molecule has 2 fully saturated rings. The van der Waals surface area contributed by atoms with Gasteiger partial charge in [-0.1, -0.05) is 24.6 Å². The lowest BCUT2D eigenvalue weighted by atomic mass is 10.3. The largest absolute Gasteiger partial charge is 0.328 e. The van der Waals surface area contributed by atoms with Gasteiger partial charge in [0.1, 0.15) is 0 Å². The number of nitrogens with zero attached hydrogens (tertiary/aromatic N) is 4. The molecule has 5 nitrogen and oxygen atoms in total. The Morgan fingerprint density at radius 3 is 2.71 bits per heavy atom. The number of hydrogen-bond donors (Lipinski definition) is 1. The first-order chi connectivity index (χ1) is 8.33. The van der Waals surface area contributed by atoms with E-state index < -0.39 is 0 Å². The number of aromatic nitrogens is 4. The number of tetrazole rings is 1. The second-order valence-corrected chi connectivity index (χ2v) is 6.42. The number of thioether (sulfide) groups is 1. The van der Waals surface area contributed by atoms with Gasteiger partial charge in [0.05, 0.1) is 6.04 Å². The summed E-state index contributed by atoms with van der Waals surface area (Å²) in [4.78, 5) is 0. The van der Waals surface area contributed by atoms with Gasteiger partial charge in [-0.2, -0.15) is 0 Å². The molecule has 2 saturated carbocycles. The van der Waals surface area contributed by atoms with Crippen LogP contribution >= 0.6 is 11.8 Å². The minimum Gasteiger partial charge on any atom is -0.328 e. The Bertz CT molecular complexity index is 374. The Kier molecular flexibility index (Phi) is 3.33. The lowest BCUT2D eigenvalue weighted by Crippen LogP contribution is -2.15. The van der Waals surface area contributed by atoms with Crippen LogP contribution in [-0.4, -0.2) is 31.5 Å². The van der Waals surface area contributed by atoms with Crippen LogP contribution in [-0.2, 0) is 0 Å². The number of nitrogens with two attached hydrogens (primary N) is 1. The Morgan fingerprint density at radius 2 is 2.00 bits per heavy atom. The molecule has 0 aromatic carbocycles. The van der Waals surface area contributed by atoms with E-state index in [2.05, 4.69) is 15.5 Å². The molecule has 0 spiro atoms. The molecule has 2 unspecified atom stereocenters. The van der Waals surface area contributed by atoms with E-state index in [1.165, 1.54) is 32.1 Å². The van der Waals surface area contributed by atoms with Gasteiger partial charge in [0.15, 0.2) is 0 Å². The molecule has 94 valence electrons. The normalized spacial score (nSPS) is 30.2. The second kappa shape index (κ2) is 4.94. The zero-order chi connectivity index (χ0) is 11.7. The minimum absolute atomic E-state index is 0.378. The average molecular weight is 253 g/mol. The molecule has 2 N–H and O–H groups in total. The lowest BCUT2D eigenvalue weighted by Gasteiger charge is -2.13. The molecule has 2 atom stereocenters. The second-order valence-electron chi connectivity index (χ2n) is 5.16. The van der Waals surface area contributed by atoms with Crippen molar-refractivity contribution in [1.82, 2.24) is 20.2 Å². The van der Waals surface area contributed by atoms with Crippen molar-refractivity contribution in [2.24, 2.45) is 5.73 Å². The Balaban J connectivity index is 1.68. The van der Waals surface area contributed by atoms with E-state index in [1.54, 1.807) is 0 Å². The third-order valence-electron chi connectivity index (χ3n) is 3.83. The predicted octanol–water partition coefficient (Wildman–Crippen LogP) is 1.76. The summed E-state index contributed by atoms with van der Waals surface area (Å²) in [5, 5.41) is 13.8. The summed E-state index contributed by atoms with van der Waals surface area (Å²) >= 11 is 1.82. The van der Waals surface area contributed by atoms with Gasteiger partial charge in [0.25, 0.3) is 0 Å². The Hall–Kier alpha value is -0.620. The standard InChI is InChI=1S/C11H19N5S/c12-8-5-6-10(7-8)17-11-13-14-15-16(11)9-3-1-2-4-9/h8-10H,1-7,12H2. The van der Waals surface area contributed by atoms with E-state index in [1.807, 2.05) is 16.4 Å². The van der Waals surface area contributed by atoms with Crippen molar-refractivity contribution < 1.29 is 0 Å². The van der Waals surface area contributed by atoms with Crippen molar-refractivity contribution >= 4 is 11.8 Å². The number of hydrogen-bond acceptors (Lipinski definition) is 5. The Labute approximate surface area is 106 Å². The van der Waals surface area contributed by atoms with Crippen molar-refractivity contribution in [1.29, 1.82) is 0 Å². The van der Waals surface area contributed by atoms with Crippen LogP contribution in [0.15, 0.2) is 5.16 Å². The first kappa shape index (κ1) is 11.5. The molecule has 0 radical (unpaired) electrons. The van der Waals surface area contributed by atoms with E-state index in [-0.39, 0.29) is 0 Å². The molecule has 1 aromatic heterocycles. The Morgan fingerprint density at radius 1 is 1.18 bits per heavy atom. The highest BCUT2D eigenvalue weighted by Crippen LogP contribution is 2.36. The molecule has 2 aliphatic rings. The van der Waals surface area contributed by atoms with Crippen LogP contribution in [0.5, 0.6) is 0 Å². The van der Waals surface area contributed by atoms with Crippen molar-refractivity contribution in [3.8, 4) is 0 Å². The van der Waals surface area contributed by atoms with Crippen LogP contribution < -0.4 is 5.73 Å². The van der Waals surface area contributed by atoms with E-state index in [0.717, 1.165) is 18.0 Å². The third-order valence-corrected chi connectivity index (χ3v) is 5.07. The molecule has 17 heavy (non-hydrogen) atoms. The molecular formula is C11H19N5S. The predicted molar refractivity (Wildman–Crippen MR) is 66.8 cm³/mol. The van der Waals surface area contributed by atoms with Crippen molar-refractivity contribution in [3.63, 3.8) is 0 Å². The van der Waals surface area contributed by atoms with Gasteiger partial charge in [-0.3, -0.25) is 0 Å². The summed E-state index contributed by atoms with van der Waals surface area (Å²) in [6.07, 6.45) is 8.51. The van der Waals surface area contributed by atoms with Crippen LogP contribution in [0.4, 0.5) is 0 Å². The van der Waals surface area contributed by atoms with Crippen LogP contribution in [0.1, 0.15) is 51.0 Å². The van der Waals surface area contributed by atoms with Crippen LogP contribution in [0.25, 0.3) is 0 Å². The van der Waals surface area contributed by atoms with Gasteiger partial charge in [-0.25, -0.2) is 4.68 Å². The topological polar surface area (TPSA) is 69.6 Å². The van der Waals surface area contributed by atoms with Crippen LogP contribution in [0.2, 0.25) is 0 Å². The van der Waals surface area contributed by atoms with Crippen molar-refractivity contribution in [2.75, 3.05) is 0 Å². The maximum atomic E-state index is 5.94. The fourth-order valence-corrected chi connectivity index (χ4v) is 4.14. The summed E-state index contributed by atoms with van der Waals surface area (Å²) in [5.74, 6) is 0. The van der Waals surface area contributed by atoms with Gasteiger partial charge in [0, 0.05) is 11.3 Å². The van der Waals surface area contributed by atoms with Gasteiger partial charge in [-0.05, 0) is 42.5 Å². The molecular weight excluding hydrogens is 234 g/mol. The smallest absolute Gasteiger partial charge is 0.209 e. The fraction of sp³-hybridized carbons (Fsp3) is 0.909. The summed E-state index contributed by atoms with van der Waals surface area (Å²) in [5.41, 5.74) is 5.94. The zero-order valence-electron chi connectivity index (χ0n) is 9.96. The minimum atomic E-state index is 0.378. The summed E-state index contributed by atoms with van der Waals surface area (Å²) < 4.78 is 2.04. The van der Waals surface area contributed by atoms with Gasteiger partial charge in [0.2, 0.25) is 5.16 Å².